The number of aliphatic hydroxyl groups excluding tert-OH is 1. The number of aromatic nitrogens is 3. The zero-order chi connectivity index (χ0) is 18.9. The summed E-state index contributed by atoms with van der Waals surface area (Å²) in [7, 11) is 0. The fourth-order valence-corrected chi connectivity index (χ4v) is 3.32. The molecule has 0 fully saturated rings. The van der Waals surface area contributed by atoms with Crippen LogP contribution in [-0.4, -0.2) is 38.9 Å². The summed E-state index contributed by atoms with van der Waals surface area (Å²) < 4.78 is 2.22. The first-order chi connectivity index (χ1) is 13.3. The smallest absolute Gasteiger partial charge is 0.191 e. The first-order valence-electron chi connectivity index (χ1n) is 9.94. The van der Waals surface area contributed by atoms with E-state index in [4.69, 9.17) is 0 Å². The van der Waals surface area contributed by atoms with Crippen LogP contribution in [0.4, 0.5) is 0 Å². The number of benzene rings is 1. The fraction of sp³-hybridized carbons (Fsp3) is 0.550. The maximum Gasteiger partial charge on any atom is 0.191 e. The van der Waals surface area contributed by atoms with Crippen molar-refractivity contribution in [3.8, 4) is 0 Å². The van der Waals surface area contributed by atoms with Crippen LogP contribution in [0.3, 0.4) is 0 Å². The number of aryl methyl sites for hydroxylation is 1. The Morgan fingerprint density at radius 2 is 2.04 bits per heavy atom. The number of rotatable bonds is 7. The van der Waals surface area contributed by atoms with Gasteiger partial charge in [-0.05, 0) is 31.7 Å². The maximum absolute atomic E-state index is 10.3. The lowest BCUT2D eigenvalue weighted by Gasteiger charge is -2.14. The number of fused-ring (bicyclic) bond motifs is 1. The molecular weight excluding hydrogens is 340 g/mol. The van der Waals surface area contributed by atoms with E-state index < -0.39 is 6.10 Å². The number of hydrogen-bond acceptors (Lipinski definition) is 4. The molecule has 146 valence electrons. The number of aliphatic imine (C=N–C) groups is 1. The zero-order valence-electron chi connectivity index (χ0n) is 16.1. The minimum Gasteiger partial charge on any atom is -0.388 e. The number of nitrogens with zero attached hydrogens (tertiary/aromatic N) is 4. The summed E-state index contributed by atoms with van der Waals surface area (Å²) in [5.41, 5.74) is 0.937. The van der Waals surface area contributed by atoms with Gasteiger partial charge in [-0.25, -0.2) is 4.99 Å². The Labute approximate surface area is 160 Å². The van der Waals surface area contributed by atoms with Crippen LogP contribution in [0.25, 0.3) is 0 Å². The van der Waals surface area contributed by atoms with Gasteiger partial charge in [0.2, 0.25) is 0 Å². The SMILES string of the molecule is CCNC(=NCc1nnc2n1CCCCC2)NCCC(O)c1ccccc1. The molecule has 0 spiro atoms. The molecule has 0 radical (unpaired) electrons. The number of guanidine groups is 1. The summed E-state index contributed by atoms with van der Waals surface area (Å²) in [5, 5.41) is 25.5. The second-order valence-corrected chi connectivity index (χ2v) is 6.83. The monoisotopic (exact) mass is 370 g/mol. The maximum atomic E-state index is 10.3. The number of hydrogen-bond donors (Lipinski definition) is 3. The van der Waals surface area contributed by atoms with Crippen molar-refractivity contribution in [1.82, 2.24) is 25.4 Å². The van der Waals surface area contributed by atoms with E-state index in [-0.39, 0.29) is 0 Å². The summed E-state index contributed by atoms with van der Waals surface area (Å²) in [6.45, 7) is 4.95. The van der Waals surface area contributed by atoms with Crippen LogP contribution in [0.1, 0.15) is 55.9 Å². The van der Waals surface area contributed by atoms with Gasteiger partial charge in [-0.2, -0.15) is 0 Å². The molecular formula is C20H30N6O. The predicted molar refractivity (Wildman–Crippen MR) is 106 cm³/mol. The normalized spacial score (nSPS) is 15.7. The molecule has 0 amide bonds. The highest BCUT2D eigenvalue weighted by Gasteiger charge is 2.14. The lowest BCUT2D eigenvalue weighted by atomic mass is 10.1. The van der Waals surface area contributed by atoms with Crippen LogP contribution in [0.15, 0.2) is 35.3 Å². The Bertz CT molecular complexity index is 727. The van der Waals surface area contributed by atoms with Crippen molar-refractivity contribution >= 4 is 5.96 Å². The van der Waals surface area contributed by atoms with Crippen molar-refractivity contribution < 1.29 is 5.11 Å². The number of nitrogens with one attached hydrogen (secondary N) is 2. The standard InChI is InChI=1S/C20H30N6O/c1-2-21-20(22-13-12-17(27)16-9-5-3-6-10-16)23-15-19-25-24-18-11-7-4-8-14-26(18)19/h3,5-6,9-10,17,27H,2,4,7-8,11-15H2,1H3,(H2,21,22,23). The average molecular weight is 371 g/mol. The molecule has 1 atom stereocenters. The van der Waals surface area contributed by atoms with Crippen LogP contribution >= 0.6 is 0 Å². The van der Waals surface area contributed by atoms with Gasteiger partial charge in [0.25, 0.3) is 0 Å². The van der Waals surface area contributed by atoms with Gasteiger partial charge >= 0.3 is 0 Å². The first-order valence-corrected chi connectivity index (χ1v) is 9.94. The molecule has 7 heteroatoms. The molecule has 2 heterocycles. The summed E-state index contributed by atoms with van der Waals surface area (Å²) >= 11 is 0. The van der Waals surface area contributed by atoms with Crippen LogP contribution in [0, 0.1) is 0 Å². The summed E-state index contributed by atoms with van der Waals surface area (Å²) in [6.07, 6.45) is 4.77. The second-order valence-electron chi connectivity index (χ2n) is 6.83. The Balaban J connectivity index is 1.54. The van der Waals surface area contributed by atoms with E-state index in [1.807, 2.05) is 37.3 Å². The van der Waals surface area contributed by atoms with E-state index in [0.29, 0.717) is 19.5 Å². The van der Waals surface area contributed by atoms with Crippen molar-refractivity contribution in [2.24, 2.45) is 4.99 Å². The van der Waals surface area contributed by atoms with Crippen molar-refractivity contribution in [2.75, 3.05) is 13.1 Å². The Kier molecular flexibility index (Phi) is 7.21. The second kappa shape index (κ2) is 10.1. The minimum atomic E-state index is -0.478. The average Bonchev–Trinajstić information content (AvgIpc) is 2.92. The third-order valence-electron chi connectivity index (χ3n) is 4.80. The van der Waals surface area contributed by atoms with Crippen molar-refractivity contribution in [1.29, 1.82) is 0 Å². The van der Waals surface area contributed by atoms with Gasteiger partial charge in [-0.1, -0.05) is 36.8 Å². The number of aliphatic hydroxyl groups is 1. The predicted octanol–water partition coefficient (Wildman–Crippen LogP) is 2.18. The van der Waals surface area contributed by atoms with Gasteiger partial charge in [0, 0.05) is 26.1 Å². The summed E-state index contributed by atoms with van der Waals surface area (Å²) in [6, 6.07) is 9.73. The highest BCUT2D eigenvalue weighted by atomic mass is 16.3. The van der Waals surface area contributed by atoms with E-state index in [0.717, 1.165) is 42.7 Å². The van der Waals surface area contributed by atoms with E-state index in [1.54, 1.807) is 0 Å². The molecule has 27 heavy (non-hydrogen) atoms. The third-order valence-corrected chi connectivity index (χ3v) is 4.80. The fourth-order valence-electron chi connectivity index (χ4n) is 3.32. The topological polar surface area (TPSA) is 87.4 Å². The van der Waals surface area contributed by atoms with E-state index >= 15 is 0 Å². The van der Waals surface area contributed by atoms with Crippen LogP contribution in [0.2, 0.25) is 0 Å². The van der Waals surface area contributed by atoms with Gasteiger partial charge in [0.15, 0.2) is 11.8 Å². The Morgan fingerprint density at radius 3 is 2.85 bits per heavy atom. The molecule has 2 aromatic rings. The molecule has 3 N–H and O–H groups in total. The quantitative estimate of drug-likeness (QED) is 0.514. The molecule has 1 aliphatic heterocycles. The lowest BCUT2D eigenvalue weighted by molar-refractivity contribution is 0.168. The molecule has 1 aromatic heterocycles. The van der Waals surface area contributed by atoms with Crippen LogP contribution in [-0.2, 0) is 19.5 Å². The van der Waals surface area contributed by atoms with Gasteiger partial charge in [-0.15, -0.1) is 10.2 Å². The molecule has 0 saturated carbocycles. The molecule has 0 saturated heterocycles. The third kappa shape index (κ3) is 5.53. The minimum absolute atomic E-state index is 0.478. The Morgan fingerprint density at radius 1 is 1.19 bits per heavy atom. The summed E-state index contributed by atoms with van der Waals surface area (Å²) in [4.78, 5) is 4.65. The molecule has 0 bridgehead atoms. The lowest BCUT2D eigenvalue weighted by Crippen LogP contribution is -2.38. The molecule has 7 nitrogen and oxygen atoms in total. The van der Waals surface area contributed by atoms with Crippen molar-refractivity contribution in [3.05, 3.63) is 47.5 Å². The largest absolute Gasteiger partial charge is 0.388 e. The Hall–Kier alpha value is -2.41. The molecule has 1 aromatic carbocycles. The van der Waals surface area contributed by atoms with E-state index in [9.17, 15) is 5.11 Å². The molecule has 1 aliphatic rings. The zero-order valence-corrected chi connectivity index (χ0v) is 16.1. The van der Waals surface area contributed by atoms with Crippen molar-refractivity contribution in [3.63, 3.8) is 0 Å². The molecule has 3 rings (SSSR count). The molecule has 0 aliphatic carbocycles. The van der Waals surface area contributed by atoms with Gasteiger partial charge in [0.1, 0.15) is 12.4 Å². The van der Waals surface area contributed by atoms with E-state index in [2.05, 4.69) is 30.4 Å². The van der Waals surface area contributed by atoms with Crippen LogP contribution < -0.4 is 10.6 Å². The van der Waals surface area contributed by atoms with Crippen LogP contribution in [0.5, 0.6) is 0 Å². The van der Waals surface area contributed by atoms with Gasteiger partial charge in [-0.3, -0.25) is 0 Å². The first kappa shape index (κ1) is 19.4. The summed E-state index contributed by atoms with van der Waals surface area (Å²) in [5.74, 6) is 2.75. The van der Waals surface area contributed by atoms with E-state index in [1.165, 1.54) is 19.3 Å². The van der Waals surface area contributed by atoms with Gasteiger partial charge < -0.3 is 20.3 Å². The highest BCUT2D eigenvalue weighted by molar-refractivity contribution is 5.79. The van der Waals surface area contributed by atoms with Gasteiger partial charge in [0.05, 0.1) is 6.10 Å². The van der Waals surface area contributed by atoms with Crippen molar-refractivity contribution in [2.45, 2.75) is 58.2 Å². The highest BCUT2D eigenvalue weighted by Crippen LogP contribution is 2.16. The molecule has 1 unspecified atom stereocenters.